The predicted octanol–water partition coefficient (Wildman–Crippen LogP) is 2.28. The first kappa shape index (κ1) is 10.5. The van der Waals surface area contributed by atoms with Crippen LogP contribution in [0.25, 0.3) is 0 Å². The lowest BCUT2D eigenvalue weighted by atomic mass is 10.00. The van der Waals surface area contributed by atoms with E-state index in [2.05, 4.69) is 32.0 Å². The predicted molar refractivity (Wildman–Crippen MR) is 62.1 cm³/mol. The minimum atomic E-state index is 0.334. The molecular formula is C13H19NO. The average Bonchev–Trinajstić information content (AvgIpc) is 2.59. The van der Waals surface area contributed by atoms with Gasteiger partial charge in [-0.15, -0.1) is 0 Å². The highest BCUT2D eigenvalue weighted by atomic mass is 16.5. The molecule has 2 N–H and O–H groups in total. The van der Waals surface area contributed by atoms with Gasteiger partial charge in [-0.1, -0.05) is 24.6 Å². The molecule has 2 unspecified atom stereocenters. The number of hydrogen-bond donors (Lipinski definition) is 1. The number of fused-ring (bicyclic) bond motifs is 1. The van der Waals surface area contributed by atoms with Crippen molar-refractivity contribution in [1.29, 1.82) is 0 Å². The first-order valence-corrected chi connectivity index (χ1v) is 5.65. The van der Waals surface area contributed by atoms with Crippen LogP contribution in [0.3, 0.4) is 0 Å². The van der Waals surface area contributed by atoms with E-state index in [0.717, 1.165) is 25.1 Å². The van der Waals surface area contributed by atoms with Crippen LogP contribution in [-0.2, 0) is 6.42 Å². The van der Waals surface area contributed by atoms with Crippen LogP contribution in [0.2, 0.25) is 0 Å². The van der Waals surface area contributed by atoms with E-state index in [1.165, 1.54) is 11.1 Å². The molecule has 2 rings (SSSR count). The third-order valence-electron chi connectivity index (χ3n) is 3.02. The second-order valence-electron chi connectivity index (χ2n) is 4.63. The monoisotopic (exact) mass is 205 g/mol. The lowest BCUT2D eigenvalue weighted by Crippen LogP contribution is -2.21. The van der Waals surface area contributed by atoms with Crippen LogP contribution in [0.15, 0.2) is 18.2 Å². The maximum atomic E-state index is 5.88. The molecule has 0 amide bonds. The summed E-state index contributed by atoms with van der Waals surface area (Å²) in [5, 5.41) is 0. The number of hydrogen-bond acceptors (Lipinski definition) is 2. The SMILES string of the molecule is Cc1ccc2c(c1)CC(CC(C)CN)O2. The van der Waals surface area contributed by atoms with Gasteiger partial charge in [0.25, 0.3) is 0 Å². The molecule has 0 saturated heterocycles. The quantitative estimate of drug-likeness (QED) is 0.821. The molecule has 15 heavy (non-hydrogen) atoms. The molecule has 82 valence electrons. The van der Waals surface area contributed by atoms with E-state index in [9.17, 15) is 0 Å². The van der Waals surface area contributed by atoms with Gasteiger partial charge in [-0.3, -0.25) is 0 Å². The van der Waals surface area contributed by atoms with Gasteiger partial charge < -0.3 is 10.5 Å². The normalized spacial score (nSPS) is 20.9. The van der Waals surface area contributed by atoms with Gasteiger partial charge >= 0.3 is 0 Å². The number of aryl methyl sites for hydroxylation is 1. The molecule has 2 nitrogen and oxygen atoms in total. The first-order valence-electron chi connectivity index (χ1n) is 5.65. The average molecular weight is 205 g/mol. The van der Waals surface area contributed by atoms with Gasteiger partial charge in [0, 0.05) is 6.42 Å². The van der Waals surface area contributed by atoms with Crippen molar-refractivity contribution in [1.82, 2.24) is 0 Å². The van der Waals surface area contributed by atoms with Gasteiger partial charge in [-0.25, -0.2) is 0 Å². The second-order valence-corrected chi connectivity index (χ2v) is 4.63. The number of rotatable bonds is 3. The fourth-order valence-electron chi connectivity index (χ4n) is 2.13. The molecule has 1 aromatic rings. The Hall–Kier alpha value is -1.02. The van der Waals surface area contributed by atoms with Gasteiger partial charge in [-0.05, 0) is 37.4 Å². The summed E-state index contributed by atoms with van der Waals surface area (Å²) in [6.45, 7) is 5.04. The van der Waals surface area contributed by atoms with Gasteiger partial charge in [0.05, 0.1) is 0 Å². The minimum absolute atomic E-state index is 0.334. The summed E-state index contributed by atoms with van der Waals surface area (Å²) in [6, 6.07) is 6.41. The van der Waals surface area contributed by atoms with Crippen molar-refractivity contribution < 1.29 is 4.74 Å². The Morgan fingerprint density at radius 3 is 3.07 bits per heavy atom. The molecule has 1 aliphatic heterocycles. The Kier molecular flexibility index (Phi) is 2.96. The zero-order valence-corrected chi connectivity index (χ0v) is 9.49. The number of benzene rings is 1. The van der Waals surface area contributed by atoms with Crippen LogP contribution in [-0.4, -0.2) is 12.6 Å². The largest absolute Gasteiger partial charge is 0.490 e. The Morgan fingerprint density at radius 1 is 1.53 bits per heavy atom. The summed E-state index contributed by atoms with van der Waals surface area (Å²) in [6.07, 6.45) is 2.44. The first-order chi connectivity index (χ1) is 7.19. The van der Waals surface area contributed by atoms with Crippen LogP contribution in [0.1, 0.15) is 24.5 Å². The van der Waals surface area contributed by atoms with Crippen LogP contribution in [0.5, 0.6) is 5.75 Å². The maximum absolute atomic E-state index is 5.88. The summed E-state index contributed by atoms with van der Waals surface area (Å²) in [5.41, 5.74) is 8.28. The Labute approximate surface area is 91.4 Å². The van der Waals surface area contributed by atoms with E-state index in [4.69, 9.17) is 10.5 Å². The van der Waals surface area contributed by atoms with Gasteiger partial charge in [-0.2, -0.15) is 0 Å². The molecule has 0 fully saturated rings. The maximum Gasteiger partial charge on any atom is 0.123 e. The van der Waals surface area contributed by atoms with Crippen molar-refractivity contribution >= 4 is 0 Å². The van der Waals surface area contributed by atoms with Crippen molar-refractivity contribution in [3.05, 3.63) is 29.3 Å². The van der Waals surface area contributed by atoms with E-state index in [1.54, 1.807) is 0 Å². The summed E-state index contributed by atoms with van der Waals surface area (Å²) >= 11 is 0. The van der Waals surface area contributed by atoms with Gasteiger partial charge in [0.1, 0.15) is 11.9 Å². The highest BCUT2D eigenvalue weighted by Crippen LogP contribution is 2.31. The third kappa shape index (κ3) is 2.32. The highest BCUT2D eigenvalue weighted by Gasteiger charge is 2.23. The third-order valence-corrected chi connectivity index (χ3v) is 3.02. The molecule has 1 aliphatic rings. The standard InChI is InChI=1S/C13H19NO/c1-9-3-4-13-11(5-9)7-12(15-13)6-10(2)8-14/h3-5,10,12H,6-8,14H2,1-2H3. The zero-order valence-electron chi connectivity index (χ0n) is 9.49. The number of ether oxygens (including phenoxy) is 1. The summed E-state index contributed by atoms with van der Waals surface area (Å²) < 4.78 is 5.88. The van der Waals surface area contributed by atoms with Gasteiger partial charge in [0.15, 0.2) is 0 Å². The molecule has 1 aromatic carbocycles. The lowest BCUT2D eigenvalue weighted by molar-refractivity contribution is 0.199. The van der Waals surface area contributed by atoms with E-state index >= 15 is 0 Å². The van der Waals surface area contributed by atoms with Crippen LogP contribution >= 0.6 is 0 Å². The fourth-order valence-corrected chi connectivity index (χ4v) is 2.13. The molecule has 0 spiro atoms. The molecule has 1 heterocycles. The molecule has 0 aromatic heterocycles. The van der Waals surface area contributed by atoms with Crippen molar-refractivity contribution in [2.45, 2.75) is 32.8 Å². The van der Waals surface area contributed by atoms with E-state index in [-0.39, 0.29) is 0 Å². The van der Waals surface area contributed by atoms with Crippen molar-refractivity contribution in [3.8, 4) is 5.75 Å². The van der Waals surface area contributed by atoms with Crippen molar-refractivity contribution in [2.75, 3.05) is 6.54 Å². The fraction of sp³-hybridized carbons (Fsp3) is 0.538. The molecule has 2 atom stereocenters. The summed E-state index contributed by atoms with van der Waals surface area (Å²) in [7, 11) is 0. The minimum Gasteiger partial charge on any atom is -0.490 e. The van der Waals surface area contributed by atoms with Gasteiger partial charge in [0.2, 0.25) is 0 Å². The van der Waals surface area contributed by atoms with Crippen LogP contribution in [0.4, 0.5) is 0 Å². The van der Waals surface area contributed by atoms with E-state index in [0.29, 0.717) is 12.0 Å². The summed E-state index contributed by atoms with van der Waals surface area (Å²) in [4.78, 5) is 0. The van der Waals surface area contributed by atoms with Crippen molar-refractivity contribution in [2.24, 2.45) is 11.7 Å². The van der Waals surface area contributed by atoms with Crippen LogP contribution in [0, 0.1) is 12.8 Å². The van der Waals surface area contributed by atoms with Crippen molar-refractivity contribution in [3.63, 3.8) is 0 Å². The lowest BCUT2D eigenvalue weighted by Gasteiger charge is -2.14. The molecule has 0 aliphatic carbocycles. The molecule has 0 saturated carbocycles. The smallest absolute Gasteiger partial charge is 0.123 e. The molecule has 0 bridgehead atoms. The Morgan fingerprint density at radius 2 is 2.33 bits per heavy atom. The zero-order chi connectivity index (χ0) is 10.8. The number of nitrogens with two attached hydrogens (primary N) is 1. The van der Waals surface area contributed by atoms with E-state index in [1.807, 2.05) is 0 Å². The second kappa shape index (κ2) is 4.23. The Balaban J connectivity index is 2.03. The van der Waals surface area contributed by atoms with E-state index < -0.39 is 0 Å². The topological polar surface area (TPSA) is 35.2 Å². The molecular weight excluding hydrogens is 186 g/mol. The summed E-state index contributed by atoms with van der Waals surface area (Å²) in [5.74, 6) is 1.61. The van der Waals surface area contributed by atoms with Crippen LogP contribution < -0.4 is 10.5 Å². The molecule has 0 radical (unpaired) electrons. The molecule has 2 heteroatoms. The Bertz CT molecular complexity index is 348. The highest BCUT2D eigenvalue weighted by molar-refractivity contribution is 5.40.